The Hall–Kier alpha value is -0.0800. The van der Waals surface area contributed by atoms with Crippen LogP contribution in [0.3, 0.4) is 0 Å². The summed E-state index contributed by atoms with van der Waals surface area (Å²) >= 11 is 0. The van der Waals surface area contributed by atoms with E-state index in [1.807, 2.05) is 6.92 Å². The average Bonchev–Trinajstić information content (AvgIpc) is 2.22. The second-order valence-corrected chi connectivity index (χ2v) is 7.37. The van der Waals surface area contributed by atoms with Crippen LogP contribution in [0.5, 0.6) is 0 Å². The van der Waals surface area contributed by atoms with Crippen LogP contribution in [-0.2, 0) is 0 Å². The van der Waals surface area contributed by atoms with Crippen LogP contribution in [-0.4, -0.2) is 22.4 Å². The van der Waals surface area contributed by atoms with E-state index in [2.05, 4.69) is 20.8 Å². The highest BCUT2D eigenvalue weighted by Crippen LogP contribution is 2.56. The van der Waals surface area contributed by atoms with E-state index in [0.29, 0.717) is 23.2 Å². The number of hydrogen-bond acceptors (Lipinski definition) is 2. The second-order valence-electron chi connectivity index (χ2n) is 7.37. The Morgan fingerprint density at radius 2 is 1.76 bits per heavy atom. The minimum atomic E-state index is -0.669. The van der Waals surface area contributed by atoms with Crippen molar-refractivity contribution >= 4 is 0 Å². The number of rotatable bonds is 1. The third-order valence-electron chi connectivity index (χ3n) is 5.79. The zero-order valence-corrected chi connectivity index (χ0v) is 11.7. The monoisotopic (exact) mass is 240 g/mol. The van der Waals surface area contributed by atoms with Crippen molar-refractivity contribution < 1.29 is 10.2 Å². The van der Waals surface area contributed by atoms with Crippen LogP contribution in [0.25, 0.3) is 0 Å². The SMILES string of the molecule is CC1CCC(C)(C)C2CC[C@@](C)(O)[C@H](CO)C12. The molecule has 2 fully saturated rings. The minimum absolute atomic E-state index is 0.0656. The molecule has 0 bridgehead atoms. The van der Waals surface area contributed by atoms with E-state index in [1.54, 1.807) is 0 Å². The molecule has 2 rings (SSSR count). The lowest BCUT2D eigenvalue weighted by molar-refractivity contribution is -0.147. The summed E-state index contributed by atoms with van der Waals surface area (Å²) in [5.41, 5.74) is -0.293. The number of hydrogen-bond donors (Lipinski definition) is 2. The molecule has 2 nitrogen and oxygen atoms in total. The largest absolute Gasteiger partial charge is 0.396 e. The van der Waals surface area contributed by atoms with Crippen LogP contribution in [0.1, 0.15) is 53.4 Å². The molecule has 0 radical (unpaired) electrons. The van der Waals surface area contributed by atoms with Crippen molar-refractivity contribution in [1.82, 2.24) is 0 Å². The first-order valence-electron chi connectivity index (χ1n) is 7.13. The first kappa shape index (κ1) is 13.4. The Kier molecular flexibility index (Phi) is 3.33. The van der Waals surface area contributed by atoms with Gasteiger partial charge in [0.05, 0.1) is 5.60 Å². The summed E-state index contributed by atoms with van der Waals surface area (Å²) in [5.74, 6) is 1.86. The van der Waals surface area contributed by atoms with Crippen LogP contribution in [0.2, 0.25) is 0 Å². The quantitative estimate of drug-likeness (QED) is 0.740. The van der Waals surface area contributed by atoms with Gasteiger partial charge in [-0.3, -0.25) is 0 Å². The highest BCUT2D eigenvalue weighted by Gasteiger charge is 2.53. The molecule has 3 unspecified atom stereocenters. The predicted molar refractivity (Wildman–Crippen MR) is 69.6 cm³/mol. The van der Waals surface area contributed by atoms with E-state index in [1.165, 1.54) is 12.8 Å². The van der Waals surface area contributed by atoms with E-state index >= 15 is 0 Å². The van der Waals surface area contributed by atoms with E-state index < -0.39 is 5.60 Å². The molecule has 100 valence electrons. The summed E-state index contributed by atoms with van der Waals surface area (Å²) in [5, 5.41) is 20.2. The van der Waals surface area contributed by atoms with Gasteiger partial charge < -0.3 is 10.2 Å². The van der Waals surface area contributed by atoms with Crippen molar-refractivity contribution in [3.63, 3.8) is 0 Å². The van der Waals surface area contributed by atoms with Gasteiger partial charge in [-0.2, -0.15) is 0 Å². The van der Waals surface area contributed by atoms with E-state index in [9.17, 15) is 10.2 Å². The molecule has 5 atom stereocenters. The van der Waals surface area contributed by atoms with Crippen LogP contribution in [0.4, 0.5) is 0 Å². The fourth-order valence-electron chi connectivity index (χ4n) is 4.52. The molecule has 0 aromatic heterocycles. The molecule has 2 heteroatoms. The van der Waals surface area contributed by atoms with Crippen molar-refractivity contribution in [2.75, 3.05) is 6.61 Å². The molecule has 0 spiro atoms. The van der Waals surface area contributed by atoms with Crippen molar-refractivity contribution in [3.05, 3.63) is 0 Å². The number of fused-ring (bicyclic) bond motifs is 1. The maximum Gasteiger partial charge on any atom is 0.0672 e. The van der Waals surface area contributed by atoms with E-state index in [-0.39, 0.29) is 12.5 Å². The van der Waals surface area contributed by atoms with Gasteiger partial charge >= 0.3 is 0 Å². The van der Waals surface area contributed by atoms with Gasteiger partial charge in [-0.1, -0.05) is 20.8 Å². The topological polar surface area (TPSA) is 40.5 Å². The zero-order valence-electron chi connectivity index (χ0n) is 11.7. The maximum absolute atomic E-state index is 10.5. The zero-order chi connectivity index (χ0) is 12.8. The highest BCUT2D eigenvalue weighted by molar-refractivity contribution is 5.02. The molecule has 0 aromatic rings. The van der Waals surface area contributed by atoms with Crippen molar-refractivity contribution in [3.8, 4) is 0 Å². The fraction of sp³-hybridized carbons (Fsp3) is 1.00. The summed E-state index contributed by atoms with van der Waals surface area (Å²) < 4.78 is 0. The first-order chi connectivity index (χ1) is 7.79. The van der Waals surface area contributed by atoms with Gasteiger partial charge in [0, 0.05) is 12.5 Å². The first-order valence-corrected chi connectivity index (χ1v) is 7.13. The summed E-state index contributed by atoms with van der Waals surface area (Å²) in [6.07, 6.45) is 4.48. The van der Waals surface area contributed by atoms with E-state index in [0.717, 1.165) is 12.8 Å². The molecule has 2 saturated carbocycles. The summed E-state index contributed by atoms with van der Waals surface area (Å²) in [6.45, 7) is 9.08. The lowest BCUT2D eigenvalue weighted by atomic mass is 9.50. The van der Waals surface area contributed by atoms with Crippen LogP contribution < -0.4 is 0 Å². The second kappa shape index (κ2) is 4.24. The summed E-state index contributed by atoms with van der Waals surface area (Å²) in [6, 6.07) is 0. The summed E-state index contributed by atoms with van der Waals surface area (Å²) in [4.78, 5) is 0. The lowest BCUT2D eigenvalue weighted by Gasteiger charge is -2.56. The van der Waals surface area contributed by atoms with Gasteiger partial charge in [-0.25, -0.2) is 0 Å². The normalized spacial score (nSPS) is 49.8. The minimum Gasteiger partial charge on any atom is -0.396 e. The van der Waals surface area contributed by atoms with Gasteiger partial charge in [0.25, 0.3) is 0 Å². The molecule has 0 aromatic carbocycles. The van der Waals surface area contributed by atoms with Crippen LogP contribution in [0, 0.1) is 29.1 Å². The van der Waals surface area contributed by atoms with E-state index in [4.69, 9.17) is 0 Å². The van der Waals surface area contributed by atoms with Gasteiger partial charge in [-0.15, -0.1) is 0 Å². The van der Waals surface area contributed by atoms with Crippen LogP contribution in [0.15, 0.2) is 0 Å². The standard InChI is InChI=1S/C15H28O2/c1-10-5-7-14(2,3)11-6-8-15(4,17)12(9-16)13(10)11/h10-13,16-17H,5-9H2,1-4H3/t10?,11?,12-,13?,15-/m1/s1. The third kappa shape index (κ3) is 2.15. The molecule has 2 aliphatic rings. The predicted octanol–water partition coefficient (Wildman–Crippen LogP) is 2.83. The Morgan fingerprint density at radius 1 is 1.12 bits per heavy atom. The van der Waals surface area contributed by atoms with Crippen molar-refractivity contribution in [2.45, 2.75) is 59.0 Å². The molecule has 0 heterocycles. The molecule has 0 saturated heterocycles. The molecule has 17 heavy (non-hydrogen) atoms. The number of aliphatic hydroxyl groups is 2. The van der Waals surface area contributed by atoms with Gasteiger partial charge in [0.1, 0.15) is 0 Å². The fourth-order valence-corrected chi connectivity index (χ4v) is 4.52. The Labute approximate surface area is 105 Å². The maximum atomic E-state index is 10.5. The third-order valence-corrected chi connectivity index (χ3v) is 5.79. The Morgan fingerprint density at radius 3 is 2.35 bits per heavy atom. The van der Waals surface area contributed by atoms with Crippen LogP contribution >= 0.6 is 0 Å². The Bertz CT molecular complexity index is 273. The smallest absolute Gasteiger partial charge is 0.0672 e. The number of aliphatic hydroxyl groups excluding tert-OH is 1. The average molecular weight is 240 g/mol. The Balaban J connectivity index is 2.31. The highest BCUT2D eigenvalue weighted by atomic mass is 16.3. The molecule has 0 aliphatic heterocycles. The molecule has 2 N–H and O–H groups in total. The molecule has 2 aliphatic carbocycles. The van der Waals surface area contributed by atoms with Crippen molar-refractivity contribution in [1.29, 1.82) is 0 Å². The summed E-state index contributed by atoms with van der Waals surface area (Å²) in [7, 11) is 0. The van der Waals surface area contributed by atoms with Gasteiger partial charge in [-0.05, 0) is 55.8 Å². The lowest BCUT2D eigenvalue weighted by Crippen LogP contribution is -2.55. The molecular formula is C15H28O2. The molecular weight excluding hydrogens is 212 g/mol. The molecule has 0 amide bonds. The van der Waals surface area contributed by atoms with Crippen molar-refractivity contribution in [2.24, 2.45) is 29.1 Å². The van der Waals surface area contributed by atoms with Gasteiger partial charge in [0.15, 0.2) is 0 Å². The van der Waals surface area contributed by atoms with Gasteiger partial charge in [0.2, 0.25) is 0 Å².